The van der Waals surface area contributed by atoms with Crippen molar-refractivity contribution in [2.75, 3.05) is 31.2 Å². The zero-order valence-electron chi connectivity index (χ0n) is 22.2. The maximum Gasteiger partial charge on any atom is 0.410 e. The molecule has 0 aromatic carbocycles. The summed E-state index contributed by atoms with van der Waals surface area (Å²) < 4.78 is 10.9. The molecule has 3 aliphatic rings. The number of carbonyl (C=O) groups excluding carboxylic acids is 2. The van der Waals surface area contributed by atoms with Crippen LogP contribution in [0.3, 0.4) is 0 Å². The van der Waals surface area contributed by atoms with Crippen LogP contribution in [0.25, 0.3) is 0 Å². The van der Waals surface area contributed by atoms with Crippen molar-refractivity contribution in [3.63, 3.8) is 0 Å². The van der Waals surface area contributed by atoms with E-state index in [4.69, 9.17) is 9.47 Å². The van der Waals surface area contributed by atoms with Crippen molar-refractivity contribution in [3.8, 4) is 11.8 Å². The molecule has 3 fully saturated rings. The summed E-state index contributed by atoms with van der Waals surface area (Å²) in [5.41, 5.74) is 0.155. The number of hydrogen-bond acceptors (Lipinski definition) is 6. The van der Waals surface area contributed by atoms with Gasteiger partial charge in [-0.15, -0.1) is 11.3 Å². The third-order valence-electron chi connectivity index (χ3n) is 7.27. The number of anilines is 1. The first-order valence-electron chi connectivity index (χ1n) is 13.3. The summed E-state index contributed by atoms with van der Waals surface area (Å²) in [5, 5.41) is 10.1. The van der Waals surface area contributed by atoms with E-state index in [1.807, 2.05) is 20.8 Å². The van der Waals surface area contributed by atoms with Gasteiger partial charge in [0, 0.05) is 30.8 Å². The number of rotatable bonds is 5. The summed E-state index contributed by atoms with van der Waals surface area (Å²) in [4.78, 5) is 43.1. The number of carbonyl (C=O) groups is 3. The fraction of sp³-hybridized carbons (Fsp3) is 0.679. The Kier molecular flexibility index (Phi) is 8.49. The lowest BCUT2D eigenvalue weighted by Crippen LogP contribution is -2.47. The van der Waals surface area contributed by atoms with Gasteiger partial charge in [-0.25, -0.2) is 9.59 Å². The van der Waals surface area contributed by atoms with Crippen LogP contribution in [-0.4, -0.2) is 66.4 Å². The number of ether oxygens (including phenoxy) is 2. The molecule has 2 atom stereocenters. The van der Waals surface area contributed by atoms with Gasteiger partial charge < -0.3 is 24.4 Å². The van der Waals surface area contributed by atoms with Crippen molar-refractivity contribution in [1.82, 2.24) is 4.90 Å². The Morgan fingerprint density at radius 3 is 2.51 bits per heavy atom. The predicted molar refractivity (Wildman–Crippen MR) is 142 cm³/mol. The second-order valence-electron chi connectivity index (χ2n) is 11.6. The minimum atomic E-state index is -1.07. The first kappa shape index (κ1) is 27.5. The molecule has 0 spiro atoms. The lowest BCUT2D eigenvalue weighted by atomic mass is 9.82. The molecular formula is C28H38N2O6S. The normalized spacial score (nSPS) is 25.9. The molecule has 9 heteroatoms. The molecule has 3 heterocycles. The number of thiophene rings is 1. The standard InChI is InChI=1S/C28H38N2O6S/c1-18-5-7-19(8-6-18)25(31)30(20-10-13-29(16-20)27(34)36-21-11-14-35-17-21)23-15-22(9-12-28(2,3)4)37-24(23)26(32)33/h15,18-21H,5-8,10-11,13-14,16-17H2,1-4H3,(H,32,33)/t18-,19-,20-,21-/m0/s1. The Morgan fingerprint density at radius 1 is 1.16 bits per heavy atom. The van der Waals surface area contributed by atoms with Crippen LogP contribution in [0.5, 0.6) is 0 Å². The second kappa shape index (κ2) is 11.4. The first-order chi connectivity index (χ1) is 17.5. The van der Waals surface area contributed by atoms with E-state index < -0.39 is 12.1 Å². The van der Waals surface area contributed by atoms with E-state index in [-0.39, 0.29) is 34.3 Å². The quantitative estimate of drug-likeness (QED) is 0.538. The smallest absolute Gasteiger partial charge is 0.410 e. The molecule has 2 aliphatic heterocycles. The third kappa shape index (κ3) is 6.85. The number of likely N-dealkylation sites (tertiary alicyclic amines) is 1. The molecule has 4 rings (SSSR count). The summed E-state index contributed by atoms with van der Waals surface area (Å²) in [7, 11) is 0. The van der Waals surface area contributed by atoms with E-state index in [0.29, 0.717) is 55.6 Å². The maximum atomic E-state index is 14.0. The Balaban J connectivity index is 1.62. The van der Waals surface area contributed by atoms with Gasteiger partial charge in [-0.2, -0.15) is 0 Å². The molecule has 2 amide bonds. The van der Waals surface area contributed by atoms with Gasteiger partial charge in [-0.05, 0) is 64.9 Å². The minimum Gasteiger partial charge on any atom is -0.477 e. The van der Waals surface area contributed by atoms with Gasteiger partial charge in [-0.3, -0.25) is 4.79 Å². The average molecular weight is 531 g/mol. The molecule has 1 aromatic rings. The van der Waals surface area contributed by atoms with Gasteiger partial charge in [0.15, 0.2) is 0 Å². The summed E-state index contributed by atoms with van der Waals surface area (Å²) in [6, 6.07) is 1.42. The molecule has 1 aliphatic carbocycles. The Bertz CT molecular complexity index is 1070. The van der Waals surface area contributed by atoms with E-state index >= 15 is 0 Å². The van der Waals surface area contributed by atoms with Crippen LogP contribution in [0.1, 0.15) is 80.8 Å². The number of aromatic carboxylic acids is 1. The van der Waals surface area contributed by atoms with Crippen molar-refractivity contribution in [3.05, 3.63) is 15.8 Å². The van der Waals surface area contributed by atoms with Crippen molar-refractivity contribution >= 4 is 35.0 Å². The molecule has 0 radical (unpaired) electrons. The fourth-order valence-corrected chi connectivity index (χ4v) is 6.01. The molecule has 0 unspecified atom stereocenters. The van der Waals surface area contributed by atoms with Crippen LogP contribution in [0.2, 0.25) is 0 Å². The van der Waals surface area contributed by atoms with Crippen LogP contribution in [0.4, 0.5) is 10.5 Å². The van der Waals surface area contributed by atoms with Gasteiger partial charge in [0.05, 0.1) is 29.8 Å². The lowest BCUT2D eigenvalue weighted by molar-refractivity contribution is -0.124. The average Bonchev–Trinajstić information content (AvgIpc) is 3.59. The van der Waals surface area contributed by atoms with Crippen LogP contribution >= 0.6 is 11.3 Å². The van der Waals surface area contributed by atoms with Crippen LogP contribution < -0.4 is 4.90 Å². The van der Waals surface area contributed by atoms with Gasteiger partial charge in [0.1, 0.15) is 11.0 Å². The molecule has 37 heavy (non-hydrogen) atoms. The molecule has 0 bridgehead atoms. The molecule has 1 saturated carbocycles. The highest BCUT2D eigenvalue weighted by Crippen LogP contribution is 2.38. The molecular weight excluding hydrogens is 492 g/mol. The topological polar surface area (TPSA) is 96.4 Å². The third-order valence-corrected chi connectivity index (χ3v) is 8.30. The Morgan fingerprint density at radius 2 is 1.89 bits per heavy atom. The van der Waals surface area contributed by atoms with Crippen molar-refractivity contribution in [2.24, 2.45) is 17.3 Å². The van der Waals surface area contributed by atoms with Crippen molar-refractivity contribution in [1.29, 1.82) is 0 Å². The Labute approximate surface area is 223 Å². The van der Waals surface area contributed by atoms with Gasteiger partial charge >= 0.3 is 12.1 Å². The summed E-state index contributed by atoms with van der Waals surface area (Å²) >= 11 is 1.10. The van der Waals surface area contributed by atoms with E-state index in [0.717, 1.165) is 37.0 Å². The zero-order valence-corrected chi connectivity index (χ0v) is 23.1. The minimum absolute atomic E-state index is 0.0491. The largest absolute Gasteiger partial charge is 0.477 e. The highest BCUT2D eigenvalue weighted by molar-refractivity contribution is 7.15. The summed E-state index contributed by atoms with van der Waals surface area (Å²) in [5.74, 6) is 5.58. The zero-order chi connectivity index (χ0) is 26.7. The van der Waals surface area contributed by atoms with Crippen LogP contribution in [-0.2, 0) is 14.3 Å². The van der Waals surface area contributed by atoms with Gasteiger partial charge in [0.25, 0.3) is 0 Å². The highest BCUT2D eigenvalue weighted by atomic mass is 32.1. The fourth-order valence-electron chi connectivity index (χ4n) is 5.16. The van der Waals surface area contributed by atoms with Crippen LogP contribution in [0.15, 0.2) is 6.07 Å². The van der Waals surface area contributed by atoms with Crippen LogP contribution in [0, 0.1) is 29.1 Å². The van der Waals surface area contributed by atoms with E-state index in [1.54, 1.807) is 15.9 Å². The van der Waals surface area contributed by atoms with E-state index in [9.17, 15) is 19.5 Å². The number of carboxylic acid groups (broad SMARTS) is 1. The predicted octanol–water partition coefficient (Wildman–Crippen LogP) is 5.00. The number of carboxylic acids is 1. The molecule has 202 valence electrons. The second-order valence-corrected chi connectivity index (χ2v) is 12.6. The monoisotopic (exact) mass is 530 g/mol. The molecule has 1 aromatic heterocycles. The van der Waals surface area contributed by atoms with Crippen molar-refractivity contribution < 1.29 is 29.0 Å². The molecule has 8 nitrogen and oxygen atoms in total. The SMILES string of the molecule is CC(C)(C)C#Cc1cc(N(C(=O)[C@H]2CC[C@H](C)CC2)[C@H]2CCN(C(=O)O[C@H]3CCOC3)C2)c(C(=O)O)s1. The van der Waals surface area contributed by atoms with Gasteiger partial charge in [0.2, 0.25) is 5.91 Å². The van der Waals surface area contributed by atoms with Crippen molar-refractivity contribution in [2.45, 2.75) is 78.4 Å². The highest BCUT2D eigenvalue weighted by Gasteiger charge is 2.40. The number of amides is 2. The first-order valence-corrected chi connectivity index (χ1v) is 14.1. The number of nitrogens with zero attached hydrogens (tertiary/aromatic N) is 2. The van der Waals surface area contributed by atoms with E-state index in [2.05, 4.69) is 18.8 Å². The maximum absolute atomic E-state index is 14.0. The summed E-state index contributed by atoms with van der Waals surface area (Å²) in [6.07, 6.45) is 4.14. The Hall–Kier alpha value is -2.57. The van der Waals surface area contributed by atoms with E-state index in [1.165, 1.54) is 0 Å². The summed E-state index contributed by atoms with van der Waals surface area (Å²) in [6.45, 7) is 9.94. The molecule has 1 N–H and O–H groups in total. The van der Waals surface area contributed by atoms with Gasteiger partial charge in [-0.1, -0.05) is 18.8 Å². The number of hydrogen-bond donors (Lipinski definition) is 1. The molecule has 2 saturated heterocycles. The lowest BCUT2D eigenvalue weighted by Gasteiger charge is -2.34.